The summed E-state index contributed by atoms with van der Waals surface area (Å²) in [6.07, 6.45) is 0. The van der Waals surface area contributed by atoms with Gasteiger partial charge < -0.3 is 30.0 Å². The van der Waals surface area contributed by atoms with Crippen LogP contribution in [0.4, 0.5) is 5.69 Å². The molecule has 3 N–H and O–H groups in total. The molecule has 2 aromatic carbocycles. The van der Waals surface area contributed by atoms with E-state index in [2.05, 4.69) is 10.6 Å². The molecule has 0 saturated carbocycles. The number of benzene rings is 2. The highest BCUT2D eigenvalue weighted by Crippen LogP contribution is 2.28. The lowest BCUT2D eigenvalue weighted by Crippen LogP contribution is -2.21. The fourth-order valence-electron chi connectivity index (χ4n) is 2.46. The first-order valence-corrected chi connectivity index (χ1v) is 9.18. The van der Waals surface area contributed by atoms with Crippen molar-refractivity contribution in [3.63, 3.8) is 0 Å². The molecule has 160 valence electrons. The number of ether oxygens (including phenoxy) is 3. The van der Waals surface area contributed by atoms with Gasteiger partial charge in [-0.15, -0.1) is 12.4 Å². The van der Waals surface area contributed by atoms with E-state index in [4.69, 9.17) is 19.3 Å². The second-order valence-electron chi connectivity index (χ2n) is 6.20. The number of aliphatic hydroxyl groups excluding tert-OH is 1. The van der Waals surface area contributed by atoms with Crippen molar-refractivity contribution in [1.29, 1.82) is 0 Å². The van der Waals surface area contributed by atoms with E-state index in [1.165, 1.54) is 0 Å². The summed E-state index contributed by atoms with van der Waals surface area (Å²) in [5, 5.41) is 14.7. The van der Waals surface area contributed by atoms with Gasteiger partial charge in [0.05, 0.1) is 26.9 Å². The number of methoxy groups -OCH3 is 1. The van der Waals surface area contributed by atoms with Gasteiger partial charge in [-0.05, 0) is 36.8 Å². The molecule has 7 nitrogen and oxygen atoms in total. The summed E-state index contributed by atoms with van der Waals surface area (Å²) in [5.74, 6) is 0.843. The minimum atomic E-state index is -0.237. The molecule has 0 heterocycles. The Labute approximate surface area is 177 Å². The molecule has 0 aliphatic carbocycles. The molecule has 0 aromatic heterocycles. The summed E-state index contributed by atoms with van der Waals surface area (Å²) in [5.41, 5.74) is 2.89. The second kappa shape index (κ2) is 13.8. The molecule has 0 aliphatic rings. The molecule has 0 unspecified atom stereocenters. The topological polar surface area (TPSA) is 89.1 Å². The molecular weight excluding hydrogens is 396 g/mol. The second-order valence-corrected chi connectivity index (χ2v) is 6.20. The summed E-state index contributed by atoms with van der Waals surface area (Å²) in [6, 6.07) is 13.1. The van der Waals surface area contributed by atoms with E-state index in [-0.39, 0.29) is 31.5 Å². The number of nitrogens with one attached hydrogen (secondary N) is 2. The number of carbonyl (C=O) groups is 1. The number of carbonyl (C=O) groups excluding carboxylic acids is 1. The summed E-state index contributed by atoms with van der Waals surface area (Å²) in [7, 11) is 1.56. The van der Waals surface area contributed by atoms with Gasteiger partial charge in [0, 0.05) is 18.8 Å². The largest absolute Gasteiger partial charge is 0.493 e. The van der Waals surface area contributed by atoms with Crippen molar-refractivity contribution in [1.82, 2.24) is 5.32 Å². The number of rotatable bonds is 12. The monoisotopic (exact) mass is 424 g/mol. The minimum Gasteiger partial charge on any atom is -0.493 e. The Morgan fingerprint density at radius 3 is 2.52 bits per heavy atom. The fourth-order valence-corrected chi connectivity index (χ4v) is 2.46. The van der Waals surface area contributed by atoms with Crippen LogP contribution in [-0.2, 0) is 16.1 Å². The number of amides is 1. The van der Waals surface area contributed by atoms with Gasteiger partial charge >= 0.3 is 0 Å². The number of hydrogen-bond acceptors (Lipinski definition) is 6. The van der Waals surface area contributed by atoms with Gasteiger partial charge in [-0.1, -0.05) is 23.8 Å². The highest BCUT2D eigenvalue weighted by molar-refractivity contribution is 5.91. The predicted molar refractivity (Wildman–Crippen MR) is 115 cm³/mol. The van der Waals surface area contributed by atoms with Crippen LogP contribution in [0.3, 0.4) is 0 Å². The Morgan fingerprint density at radius 2 is 1.83 bits per heavy atom. The normalized spacial score (nSPS) is 10.2. The average Bonchev–Trinajstić information content (AvgIpc) is 2.71. The molecule has 8 heteroatoms. The van der Waals surface area contributed by atoms with Gasteiger partial charge in [0.2, 0.25) is 0 Å². The maximum atomic E-state index is 12.1. The van der Waals surface area contributed by atoms with Crippen LogP contribution >= 0.6 is 12.4 Å². The lowest BCUT2D eigenvalue weighted by Gasteiger charge is -2.13. The van der Waals surface area contributed by atoms with E-state index in [0.717, 1.165) is 16.8 Å². The molecule has 1 amide bonds. The summed E-state index contributed by atoms with van der Waals surface area (Å²) >= 11 is 0. The van der Waals surface area contributed by atoms with Crippen LogP contribution in [0.1, 0.15) is 11.1 Å². The number of anilines is 1. The first-order valence-electron chi connectivity index (χ1n) is 9.18. The molecule has 0 bridgehead atoms. The third-order valence-corrected chi connectivity index (χ3v) is 3.91. The summed E-state index contributed by atoms with van der Waals surface area (Å²) in [4.78, 5) is 12.1. The zero-order valence-corrected chi connectivity index (χ0v) is 17.6. The Hall–Kier alpha value is -2.32. The van der Waals surface area contributed by atoms with E-state index in [1.54, 1.807) is 13.2 Å². The molecular formula is C21H29ClN2O5. The first-order chi connectivity index (χ1) is 13.6. The van der Waals surface area contributed by atoms with Crippen LogP contribution < -0.4 is 20.1 Å². The minimum absolute atomic E-state index is 0. The van der Waals surface area contributed by atoms with Crippen LogP contribution in [0.5, 0.6) is 11.5 Å². The van der Waals surface area contributed by atoms with E-state index < -0.39 is 0 Å². The van der Waals surface area contributed by atoms with Crippen molar-refractivity contribution in [2.75, 3.05) is 45.4 Å². The number of aryl methyl sites for hydroxylation is 1. The zero-order valence-electron chi connectivity index (χ0n) is 16.8. The maximum Gasteiger partial charge on any atom is 0.262 e. The zero-order chi connectivity index (χ0) is 20.2. The molecule has 2 aromatic rings. The van der Waals surface area contributed by atoms with Crippen LogP contribution in [0.2, 0.25) is 0 Å². The van der Waals surface area contributed by atoms with Gasteiger partial charge in [-0.2, -0.15) is 0 Å². The van der Waals surface area contributed by atoms with Crippen molar-refractivity contribution in [3.05, 3.63) is 53.6 Å². The van der Waals surface area contributed by atoms with Gasteiger partial charge in [-0.25, -0.2) is 0 Å². The van der Waals surface area contributed by atoms with E-state index in [0.29, 0.717) is 37.8 Å². The van der Waals surface area contributed by atoms with Crippen LogP contribution in [-0.4, -0.2) is 51.1 Å². The Balaban J connectivity index is 0.00000420. The van der Waals surface area contributed by atoms with Gasteiger partial charge in [0.25, 0.3) is 5.91 Å². The Kier molecular flexibility index (Phi) is 11.8. The fraction of sp³-hybridized carbons (Fsp3) is 0.381. The van der Waals surface area contributed by atoms with Crippen molar-refractivity contribution >= 4 is 24.0 Å². The van der Waals surface area contributed by atoms with Crippen molar-refractivity contribution < 1.29 is 24.1 Å². The highest BCUT2D eigenvalue weighted by atomic mass is 35.5. The molecule has 0 atom stereocenters. The average molecular weight is 425 g/mol. The molecule has 0 saturated heterocycles. The maximum absolute atomic E-state index is 12.1. The predicted octanol–water partition coefficient (Wildman–Crippen LogP) is 2.54. The van der Waals surface area contributed by atoms with E-state index >= 15 is 0 Å². The van der Waals surface area contributed by atoms with Crippen LogP contribution in [0, 0.1) is 6.92 Å². The van der Waals surface area contributed by atoms with Crippen molar-refractivity contribution in [3.8, 4) is 11.5 Å². The van der Waals surface area contributed by atoms with Gasteiger partial charge in [-0.3, -0.25) is 4.79 Å². The van der Waals surface area contributed by atoms with Gasteiger partial charge in [0.1, 0.15) is 0 Å². The first kappa shape index (κ1) is 24.7. The Morgan fingerprint density at radius 1 is 1.07 bits per heavy atom. The molecule has 0 radical (unpaired) electrons. The highest BCUT2D eigenvalue weighted by Gasteiger charge is 2.09. The molecule has 0 fully saturated rings. The Bertz CT molecular complexity index is 740. The lowest BCUT2D eigenvalue weighted by atomic mass is 10.2. The molecule has 2 rings (SSSR count). The number of aliphatic hydroxyl groups is 1. The number of hydrogen-bond donors (Lipinski definition) is 3. The standard InChI is InChI=1S/C21H28N2O5.ClH/c1-16-3-6-18(7-4-16)23-21(25)15-28-19-8-5-17(13-20(19)26-2)14-22-9-11-27-12-10-24;/h3-8,13,22,24H,9-12,14-15H2,1-2H3,(H,23,25);1H. The van der Waals surface area contributed by atoms with E-state index in [1.807, 2.05) is 43.3 Å². The van der Waals surface area contributed by atoms with E-state index in [9.17, 15) is 4.79 Å². The summed E-state index contributed by atoms with van der Waals surface area (Å²) < 4.78 is 16.2. The quantitative estimate of drug-likeness (QED) is 0.454. The van der Waals surface area contributed by atoms with Gasteiger partial charge in [0.15, 0.2) is 18.1 Å². The third-order valence-electron chi connectivity index (χ3n) is 3.91. The summed E-state index contributed by atoms with van der Waals surface area (Å²) in [6.45, 7) is 4.12. The third kappa shape index (κ3) is 9.15. The SMILES string of the molecule is COc1cc(CNCCOCCO)ccc1OCC(=O)Nc1ccc(C)cc1.Cl. The smallest absolute Gasteiger partial charge is 0.262 e. The molecule has 29 heavy (non-hydrogen) atoms. The van der Waals surface area contributed by atoms with Crippen molar-refractivity contribution in [2.24, 2.45) is 0 Å². The van der Waals surface area contributed by atoms with Crippen LogP contribution in [0.25, 0.3) is 0 Å². The lowest BCUT2D eigenvalue weighted by molar-refractivity contribution is -0.118. The van der Waals surface area contributed by atoms with Crippen molar-refractivity contribution in [2.45, 2.75) is 13.5 Å². The van der Waals surface area contributed by atoms with Crippen LogP contribution in [0.15, 0.2) is 42.5 Å². The molecule has 0 spiro atoms. The molecule has 0 aliphatic heterocycles. The number of halogens is 1.